The Morgan fingerprint density at radius 1 is 1.31 bits per heavy atom. The van der Waals surface area contributed by atoms with Crippen molar-refractivity contribution in [2.75, 3.05) is 25.0 Å². The summed E-state index contributed by atoms with van der Waals surface area (Å²) in [6.07, 6.45) is 2.92. The first-order valence-corrected chi connectivity index (χ1v) is 9.12. The molecule has 2 N–H and O–H groups in total. The molecule has 0 spiro atoms. The van der Waals surface area contributed by atoms with Crippen molar-refractivity contribution in [3.05, 3.63) is 77.4 Å². The molecule has 0 saturated carbocycles. The number of rotatable bonds is 4. The maximum Gasteiger partial charge on any atom is 0.258 e. The number of nitrogens with zero attached hydrogens (tertiary/aromatic N) is 3. The number of ether oxygens (including phenoxy) is 1. The highest BCUT2D eigenvalue weighted by Crippen LogP contribution is 2.21. The van der Waals surface area contributed by atoms with Gasteiger partial charge < -0.3 is 15.4 Å². The third-order valence-electron chi connectivity index (χ3n) is 4.65. The molecule has 8 heteroatoms. The highest BCUT2D eigenvalue weighted by Gasteiger charge is 2.16. The van der Waals surface area contributed by atoms with Crippen LogP contribution in [-0.4, -0.2) is 35.4 Å². The first-order valence-electron chi connectivity index (χ1n) is 9.12. The van der Waals surface area contributed by atoms with Crippen molar-refractivity contribution in [3.63, 3.8) is 0 Å². The lowest BCUT2D eigenvalue weighted by molar-refractivity contribution is 0.0277. The van der Waals surface area contributed by atoms with Crippen molar-refractivity contribution < 1.29 is 13.9 Å². The fourth-order valence-electron chi connectivity index (χ4n) is 3.08. The summed E-state index contributed by atoms with van der Waals surface area (Å²) in [6.45, 7) is 2.30. The second kappa shape index (κ2) is 8.22. The quantitative estimate of drug-likeness (QED) is 0.714. The molecule has 1 aliphatic heterocycles. The average molecular weight is 391 g/mol. The largest absolute Gasteiger partial charge is 0.371 e. The molecule has 0 radical (unpaired) electrons. The summed E-state index contributed by atoms with van der Waals surface area (Å²) in [7, 11) is 0. The van der Waals surface area contributed by atoms with Crippen LogP contribution in [0.5, 0.6) is 0 Å². The van der Waals surface area contributed by atoms with E-state index in [2.05, 4.69) is 15.7 Å². The monoisotopic (exact) mass is 391 g/mol. The molecular formula is C21H18FN5O2. The molecule has 2 aromatic carbocycles. The van der Waals surface area contributed by atoms with Crippen LogP contribution in [0.2, 0.25) is 0 Å². The first-order chi connectivity index (χ1) is 14.1. The van der Waals surface area contributed by atoms with Gasteiger partial charge in [0.1, 0.15) is 11.9 Å². The van der Waals surface area contributed by atoms with Gasteiger partial charge in [0.05, 0.1) is 35.7 Å². The van der Waals surface area contributed by atoms with Crippen LogP contribution in [0.4, 0.5) is 10.1 Å². The summed E-state index contributed by atoms with van der Waals surface area (Å²) >= 11 is 0. The minimum atomic E-state index is -0.635. The SMILES string of the molecule is N#Cc1ccc(-n2cc(C(=O)Nc3ccc(C4CNCCO4)cc3)cn2)cc1F. The second-order valence-electron chi connectivity index (χ2n) is 6.59. The number of halogens is 1. The number of carbonyl (C=O) groups is 1. The molecule has 1 aliphatic rings. The zero-order valence-corrected chi connectivity index (χ0v) is 15.4. The summed E-state index contributed by atoms with van der Waals surface area (Å²) in [6, 6.07) is 13.4. The van der Waals surface area contributed by atoms with E-state index in [-0.39, 0.29) is 17.6 Å². The molecule has 2 heterocycles. The third kappa shape index (κ3) is 4.16. The molecule has 29 heavy (non-hydrogen) atoms. The first kappa shape index (κ1) is 18.8. The van der Waals surface area contributed by atoms with Gasteiger partial charge in [-0.15, -0.1) is 0 Å². The summed E-state index contributed by atoms with van der Waals surface area (Å²) in [4.78, 5) is 12.5. The summed E-state index contributed by atoms with van der Waals surface area (Å²) in [5.41, 5.74) is 2.41. The number of benzene rings is 2. The third-order valence-corrected chi connectivity index (χ3v) is 4.65. The molecule has 0 bridgehead atoms. The van der Waals surface area contributed by atoms with Gasteiger partial charge in [-0.05, 0) is 29.8 Å². The molecule has 146 valence electrons. The van der Waals surface area contributed by atoms with Crippen molar-refractivity contribution in [2.45, 2.75) is 6.10 Å². The molecule has 1 saturated heterocycles. The van der Waals surface area contributed by atoms with E-state index >= 15 is 0 Å². The molecule has 1 unspecified atom stereocenters. The molecule has 0 aliphatic carbocycles. The van der Waals surface area contributed by atoms with Crippen molar-refractivity contribution in [1.82, 2.24) is 15.1 Å². The number of nitriles is 1. The molecule has 1 aromatic heterocycles. The van der Waals surface area contributed by atoms with Crippen molar-refractivity contribution in [1.29, 1.82) is 5.26 Å². The van der Waals surface area contributed by atoms with Gasteiger partial charge in [-0.2, -0.15) is 10.4 Å². The summed E-state index contributed by atoms with van der Waals surface area (Å²) in [5.74, 6) is -0.961. The Morgan fingerprint density at radius 2 is 2.14 bits per heavy atom. The zero-order valence-electron chi connectivity index (χ0n) is 15.4. The highest BCUT2D eigenvalue weighted by molar-refractivity contribution is 6.04. The normalized spacial score (nSPS) is 16.2. The number of carbonyl (C=O) groups excluding carboxylic acids is 1. The summed E-state index contributed by atoms with van der Waals surface area (Å²) in [5, 5.41) is 19.0. The zero-order chi connectivity index (χ0) is 20.2. The van der Waals surface area contributed by atoms with Crippen LogP contribution < -0.4 is 10.6 Å². The van der Waals surface area contributed by atoms with E-state index in [4.69, 9.17) is 10.00 Å². The van der Waals surface area contributed by atoms with Crippen LogP contribution in [0.25, 0.3) is 5.69 Å². The van der Waals surface area contributed by atoms with Crippen molar-refractivity contribution in [3.8, 4) is 11.8 Å². The Bertz CT molecular complexity index is 1070. The Balaban J connectivity index is 1.44. The van der Waals surface area contributed by atoms with Crippen LogP contribution in [0.3, 0.4) is 0 Å². The van der Waals surface area contributed by atoms with E-state index in [9.17, 15) is 9.18 Å². The number of nitrogens with one attached hydrogen (secondary N) is 2. The van der Waals surface area contributed by atoms with Crippen molar-refractivity contribution >= 4 is 11.6 Å². The number of hydrogen-bond acceptors (Lipinski definition) is 5. The van der Waals surface area contributed by atoms with Gasteiger partial charge in [0.2, 0.25) is 0 Å². The molecule has 1 amide bonds. The lowest BCUT2D eigenvalue weighted by Crippen LogP contribution is -2.33. The highest BCUT2D eigenvalue weighted by atomic mass is 19.1. The Kier molecular flexibility index (Phi) is 5.33. The van der Waals surface area contributed by atoms with Gasteiger partial charge in [-0.1, -0.05) is 12.1 Å². The number of hydrogen-bond donors (Lipinski definition) is 2. The van der Waals surface area contributed by atoms with Crippen LogP contribution in [-0.2, 0) is 4.74 Å². The second-order valence-corrected chi connectivity index (χ2v) is 6.59. The van der Waals surface area contributed by atoms with E-state index in [0.717, 1.165) is 18.7 Å². The van der Waals surface area contributed by atoms with Crippen LogP contribution in [0, 0.1) is 17.1 Å². The minimum Gasteiger partial charge on any atom is -0.371 e. The van der Waals surface area contributed by atoms with Crippen LogP contribution in [0.1, 0.15) is 27.6 Å². The summed E-state index contributed by atoms with van der Waals surface area (Å²) < 4.78 is 20.9. The van der Waals surface area contributed by atoms with E-state index in [1.165, 1.54) is 29.2 Å². The van der Waals surface area contributed by atoms with Gasteiger partial charge in [0.25, 0.3) is 5.91 Å². The molecule has 1 atom stereocenters. The standard InChI is InChI=1S/C21H18FN5O2/c22-19-9-18(6-3-15(19)10-23)27-13-16(11-25-27)21(28)26-17-4-1-14(2-5-17)20-12-24-7-8-29-20/h1-6,9,11,13,20,24H,7-8,12H2,(H,26,28). The van der Waals surface area contributed by atoms with E-state index < -0.39 is 5.82 Å². The molecule has 1 fully saturated rings. The van der Waals surface area contributed by atoms with Gasteiger partial charge in [0.15, 0.2) is 0 Å². The van der Waals surface area contributed by atoms with Gasteiger partial charge in [-0.25, -0.2) is 9.07 Å². The minimum absolute atomic E-state index is 0.0135. The molecule has 3 aromatic rings. The van der Waals surface area contributed by atoms with Crippen LogP contribution >= 0.6 is 0 Å². The lowest BCUT2D eigenvalue weighted by atomic mass is 10.1. The van der Waals surface area contributed by atoms with Gasteiger partial charge in [0, 0.05) is 31.0 Å². The Labute approximate surface area is 166 Å². The molecular weight excluding hydrogens is 373 g/mol. The van der Waals surface area contributed by atoms with Gasteiger partial charge >= 0.3 is 0 Å². The van der Waals surface area contributed by atoms with E-state index in [0.29, 0.717) is 23.5 Å². The van der Waals surface area contributed by atoms with Crippen LogP contribution in [0.15, 0.2) is 54.9 Å². The fourth-order valence-corrected chi connectivity index (χ4v) is 3.08. The fraction of sp³-hybridized carbons (Fsp3) is 0.190. The number of morpholine rings is 1. The molecule has 4 rings (SSSR count). The van der Waals surface area contributed by atoms with Gasteiger partial charge in [-0.3, -0.25) is 4.79 Å². The number of anilines is 1. The topological polar surface area (TPSA) is 92.0 Å². The Morgan fingerprint density at radius 3 is 2.83 bits per heavy atom. The van der Waals surface area contributed by atoms with Crippen molar-refractivity contribution in [2.24, 2.45) is 0 Å². The Hall–Kier alpha value is -3.54. The molecule has 7 nitrogen and oxygen atoms in total. The number of amides is 1. The lowest BCUT2D eigenvalue weighted by Gasteiger charge is -2.24. The maximum absolute atomic E-state index is 13.8. The maximum atomic E-state index is 13.8. The average Bonchev–Trinajstić information content (AvgIpc) is 3.25. The van der Waals surface area contributed by atoms with E-state index in [1.54, 1.807) is 12.1 Å². The number of aromatic nitrogens is 2. The van der Waals surface area contributed by atoms with E-state index in [1.807, 2.05) is 24.3 Å². The smallest absolute Gasteiger partial charge is 0.258 e. The predicted molar refractivity (Wildman–Crippen MR) is 104 cm³/mol. The predicted octanol–water partition coefficient (Wildman–Crippen LogP) is 2.80.